The van der Waals surface area contributed by atoms with Crippen LogP contribution in [0.2, 0.25) is 15.1 Å². The average Bonchev–Trinajstić information content (AvgIpc) is 2.73. The zero-order valence-corrected chi connectivity index (χ0v) is 20.9. The van der Waals surface area contributed by atoms with Gasteiger partial charge in [0.25, 0.3) is 0 Å². The summed E-state index contributed by atoms with van der Waals surface area (Å²) in [6, 6.07) is 9.65. The van der Waals surface area contributed by atoms with E-state index in [1.807, 2.05) is 0 Å². The highest BCUT2D eigenvalue weighted by atomic mass is 35.5. The maximum Gasteiger partial charge on any atom is 0.243 e. The summed E-state index contributed by atoms with van der Waals surface area (Å²) < 4.78 is 26.7. The predicted octanol–water partition coefficient (Wildman–Crippen LogP) is 3.82. The van der Waals surface area contributed by atoms with Crippen molar-refractivity contribution < 1.29 is 18.0 Å². The summed E-state index contributed by atoms with van der Waals surface area (Å²) >= 11 is 18.3. The number of halogens is 3. The van der Waals surface area contributed by atoms with Crippen molar-refractivity contribution in [1.29, 1.82) is 0 Å². The van der Waals surface area contributed by atoms with Crippen LogP contribution in [0.3, 0.4) is 0 Å². The summed E-state index contributed by atoms with van der Waals surface area (Å²) in [5.41, 5.74) is 0.462. The Kier molecular flexibility index (Phi) is 9.36. The number of nitrogens with one attached hydrogen (secondary N) is 1. The van der Waals surface area contributed by atoms with Crippen molar-refractivity contribution in [2.45, 2.75) is 31.3 Å². The van der Waals surface area contributed by atoms with Crippen LogP contribution < -0.4 is 5.32 Å². The molecule has 2 amide bonds. The second kappa shape index (κ2) is 11.3. The number of hydrogen-bond donors (Lipinski definition) is 1. The Bertz CT molecular complexity index is 1060. The van der Waals surface area contributed by atoms with E-state index in [4.69, 9.17) is 34.8 Å². The molecule has 0 spiro atoms. The van der Waals surface area contributed by atoms with Gasteiger partial charge in [-0.05, 0) is 50.2 Å². The van der Waals surface area contributed by atoms with E-state index in [2.05, 4.69) is 5.32 Å². The van der Waals surface area contributed by atoms with Gasteiger partial charge in [-0.25, -0.2) is 8.42 Å². The molecule has 0 bridgehead atoms. The van der Waals surface area contributed by atoms with Gasteiger partial charge < -0.3 is 10.2 Å². The molecule has 32 heavy (non-hydrogen) atoms. The Morgan fingerprint density at radius 1 is 1.03 bits per heavy atom. The molecule has 174 valence electrons. The summed E-state index contributed by atoms with van der Waals surface area (Å²) in [6.07, 6.45) is 0. The summed E-state index contributed by atoms with van der Waals surface area (Å²) in [6.45, 7) is 3.14. The standard InChI is InChI=1S/C21H24Cl3N3O4S/c1-4-25-21(29)14(2)27(12-17-18(23)6-5-7-19(17)24)20(28)13-26(3)32(30,31)16-10-8-15(22)9-11-16/h5-11,14H,4,12-13H2,1-3H3,(H,25,29). The Balaban J connectivity index is 2.32. The van der Waals surface area contributed by atoms with Gasteiger partial charge in [0.05, 0.1) is 11.4 Å². The lowest BCUT2D eigenvalue weighted by Gasteiger charge is -2.30. The van der Waals surface area contributed by atoms with Gasteiger partial charge in [0.1, 0.15) is 6.04 Å². The van der Waals surface area contributed by atoms with E-state index in [9.17, 15) is 18.0 Å². The number of carbonyl (C=O) groups is 2. The zero-order valence-electron chi connectivity index (χ0n) is 17.8. The summed E-state index contributed by atoms with van der Waals surface area (Å²) in [5.74, 6) is -0.966. The quantitative estimate of drug-likeness (QED) is 0.544. The Hall–Kier alpha value is -1.84. The molecular weight excluding hydrogens is 497 g/mol. The molecule has 2 rings (SSSR count). The third-order valence-electron chi connectivity index (χ3n) is 4.79. The Morgan fingerprint density at radius 2 is 1.59 bits per heavy atom. The number of amides is 2. The van der Waals surface area contributed by atoms with Crippen molar-refractivity contribution in [2.24, 2.45) is 0 Å². The van der Waals surface area contributed by atoms with Gasteiger partial charge in [-0.2, -0.15) is 4.31 Å². The fourth-order valence-corrected chi connectivity index (χ4v) is 4.67. The van der Waals surface area contributed by atoms with Crippen molar-refractivity contribution in [1.82, 2.24) is 14.5 Å². The predicted molar refractivity (Wildman–Crippen MR) is 126 cm³/mol. The maximum absolute atomic E-state index is 13.2. The molecule has 1 N–H and O–H groups in total. The third-order valence-corrected chi connectivity index (χ3v) is 7.57. The van der Waals surface area contributed by atoms with Crippen molar-refractivity contribution in [3.05, 3.63) is 63.1 Å². The van der Waals surface area contributed by atoms with Crippen LogP contribution in [-0.2, 0) is 26.2 Å². The monoisotopic (exact) mass is 519 g/mol. The fourth-order valence-electron chi connectivity index (χ4n) is 2.91. The average molecular weight is 521 g/mol. The Labute approximate surface area is 203 Å². The lowest BCUT2D eigenvalue weighted by molar-refractivity contribution is -0.140. The molecule has 0 fully saturated rings. The van der Waals surface area contributed by atoms with Gasteiger partial charge in [-0.3, -0.25) is 9.59 Å². The van der Waals surface area contributed by atoms with E-state index in [1.54, 1.807) is 32.0 Å². The lowest BCUT2D eigenvalue weighted by atomic mass is 10.1. The number of benzene rings is 2. The van der Waals surface area contributed by atoms with Crippen LogP contribution in [0.4, 0.5) is 0 Å². The fraction of sp³-hybridized carbons (Fsp3) is 0.333. The van der Waals surface area contributed by atoms with Gasteiger partial charge >= 0.3 is 0 Å². The molecule has 1 unspecified atom stereocenters. The number of likely N-dealkylation sites (N-methyl/N-ethyl adjacent to an activating group) is 2. The normalized spacial score (nSPS) is 12.5. The topological polar surface area (TPSA) is 86.8 Å². The first-order valence-corrected chi connectivity index (χ1v) is 12.3. The van der Waals surface area contributed by atoms with Crippen LogP contribution in [0.5, 0.6) is 0 Å². The van der Waals surface area contributed by atoms with E-state index >= 15 is 0 Å². The first-order chi connectivity index (χ1) is 15.0. The smallest absolute Gasteiger partial charge is 0.243 e. The molecule has 0 radical (unpaired) electrons. The van der Waals surface area contributed by atoms with Crippen LogP contribution in [0, 0.1) is 0 Å². The molecule has 0 heterocycles. The molecule has 0 aromatic heterocycles. The van der Waals surface area contributed by atoms with Crippen LogP contribution >= 0.6 is 34.8 Å². The minimum atomic E-state index is -3.96. The van der Waals surface area contributed by atoms with E-state index in [-0.39, 0.29) is 17.3 Å². The number of carbonyl (C=O) groups excluding carboxylic acids is 2. The van der Waals surface area contributed by atoms with Gasteiger partial charge in [0.15, 0.2) is 0 Å². The maximum atomic E-state index is 13.2. The Morgan fingerprint density at radius 3 is 2.12 bits per heavy atom. The lowest BCUT2D eigenvalue weighted by Crippen LogP contribution is -2.50. The second-order valence-electron chi connectivity index (χ2n) is 7.01. The minimum Gasteiger partial charge on any atom is -0.355 e. The highest BCUT2D eigenvalue weighted by Crippen LogP contribution is 2.27. The number of sulfonamides is 1. The summed E-state index contributed by atoms with van der Waals surface area (Å²) in [7, 11) is -2.66. The van der Waals surface area contributed by atoms with Crippen molar-refractivity contribution in [3.8, 4) is 0 Å². The molecule has 11 heteroatoms. The molecule has 2 aromatic carbocycles. The first-order valence-electron chi connectivity index (χ1n) is 9.71. The molecule has 0 aliphatic carbocycles. The molecular formula is C21H24Cl3N3O4S. The van der Waals surface area contributed by atoms with Gasteiger partial charge in [-0.15, -0.1) is 0 Å². The van der Waals surface area contributed by atoms with Gasteiger partial charge in [-0.1, -0.05) is 40.9 Å². The highest BCUT2D eigenvalue weighted by molar-refractivity contribution is 7.89. The van der Waals surface area contributed by atoms with Crippen LogP contribution in [0.25, 0.3) is 0 Å². The highest BCUT2D eigenvalue weighted by Gasteiger charge is 2.30. The first kappa shape index (κ1) is 26.4. The summed E-state index contributed by atoms with van der Waals surface area (Å²) in [4.78, 5) is 26.9. The molecule has 1 atom stereocenters. The third kappa shape index (κ3) is 6.36. The number of nitrogens with zero attached hydrogens (tertiary/aromatic N) is 2. The minimum absolute atomic E-state index is 0.00493. The van der Waals surface area contributed by atoms with Crippen molar-refractivity contribution >= 4 is 56.6 Å². The van der Waals surface area contributed by atoms with E-state index < -0.39 is 28.5 Å². The largest absolute Gasteiger partial charge is 0.355 e. The molecule has 2 aromatic rings. The van der Waals surface area contributed by atoms with E-state index in [0.29, 0.717) is 27.2 Å². The molecule has 0 aliphatic heterocycles. The number of rotatable bonds is 9. The zero-order chi connectivity index (χ0) is 24.1. The van der Waals surface area contributed by atoms with E-state index in [0.717, 1.165) is 4.31 Å². The van der Waals surface area contributed by atoms with Gasteiger partial charge in [0, 0.05) is 40.8 Å². The van der Waals surface area contributed by atoms with Crippen LogP contribution in [0.1, 0.15) is 19.4 Å². The molecule has 7 nitrogen and oxygen atoms in total. The SMILES string of the molecule is CCNC(=O)C(C)N(Cc1c(Cl)cccc1Cl)C(=O)CN(C)S(=O)(=O)c1ccc(Cl)cc1. The summed E-state index contributed by atoms with van der Waals surface area (Å²) in [5, 5.41) is 3.72. The molecule has 0 aliphatic rings. The number of hydrogen-bond acceptors (Lipinski definition) is 4. The van der Waals surface area contributed by atoms with Gasteiger partial charge in [0.2, 0.25) is 21.8 Å². The second-order valence-corrected chi connectivity index (χ2v) is 10.3. The van der Waals surface area contributed by atoms with E-state index in [1.165, 1.54) is 36.2 Å². The van der Waals surface area contributed by atoms with Crippen LogP contribution in [0.15, 0.2) is 47.4 Å². The van der Waals surface area contributed by atoms with Crippen molar-refractivity contribution in [2.75, 3.05) is 20.1 Å². The molecule has 0 saturated heterocycles. The molecule has 0 saturated carbocycles. The van der Waals surface area contributed by atoms with Crippen LogP contribution in [-0.4, -0.2) is 55.6 Å². The van der Waals surface area contributed by atoms with Crippen molar-refractivity contribution in [3.63, 3.8) is 0 Å².